The second-order valence-electron chi connectivity index (χ2n) is 3.91. The van der Waals surface area contributed by atoms with Crippen LogP contribution in [0, 0.1) is 5.82 Å². The summed E-state index contributed by atoms with van der Waals surface area (Å²) in [6, 6.07) is 5.44. The predicted molar refractivity (Wildman–Crippen MR) is 58.9 cm³/mol. The van der Waals surface area contributed by atoms with Crippen molar-refractivity contribution >= 4 is 15.9 Å². The molecule has 0 aromatic heterocycles. The first-order valence-electron chi connectivity index (χ1n) is 4.85. The molecule has 76 valence electrons. The van der Waals surface area contributed by atoms with Gasteiger partial charge in [-0.05, 0) is 43.0 Å². The van der Waals surface area contributed by atoms with Crippen molar-refractivity contribution in [1.29, 1.82) is 0 Å². The van der Waals surface area contributed by atoms with Gasteiger partial charge in [0.15, 0.2) is 0 Å². The summed E-state index contributed by atoms with van der Waals surface area (Å²) in [4.78, 5) is 0. The Morgan fingerprint density at radius 3 is 2.93 bits per heavy atom. The molecule has 0 saturated carbocycles. The summed E-state index contributed by atoms with van der Waals surface area (Å²) in [5, 5.41) is 3.37. The Labute approximate surface area is 91.8 Å². The molecule has 1 aromatic carbocycles. The second kappa shape index (κ2) is 3.99. The van der Waals surface area contributed by atoms with E-state index in [0.29, 0.717) is 12.0 Å². The van der Waals surface area contributed by atoms with Gasteiger partial charge in [0, 0.05) is 17.1 Å². The summed E-state index contributed by atoms with van der Waals surface area (Å²) in [7, 11) is 0. The molecular formula is C11H13BrFN. The normalized spacial score (nSPS) is 26.8. The minimum absolute atomic E-state index is 0.150. The molecular weight excluding hydrogens is 245 g/mol. The Morgan fingerprint density at radius 2 is 2.29 bits per heavy atom. The molecule has 14 heavy (non-hydrogen) atoms. The van der Waals surface area contributed by atoms with E-state index in [1.54, 1.807) is 12.1 Å². The van der Waals surface area contributed by atoms with Gasteiger partial charge in [0.2, 0.25) is 0 Å². The SMILES string of the molecule is CC1CC(c2cc(F)ccc2Br)CN1. The fraction of sp³-hybridized carbons (Fsp3) is 0.455. The molecule has 1 heterocycles. The number of nitrogens with one attached hydrogen (secondary N) is 1. The predicted octanol–water partition coefficient (Wildman–Crippen LogP) is 3.05. The van der Waals surface area contributed by atoms with Crippen LogP contribution in [0.15, 0.2) is 22.7 Å². The van der Waals surface area contributed by atoms with E-state index in [2.05, 4.69) is 28.2 Å². The Bertz CT molecular complexity index is 340. The fourth-order valence-corrected chi connectivity index (χ4v) is 2.57. The molecule has 1 saturated heterocycles. The van der Waals surface area contributed by atoms with Crippen molar-refractivity contribution in [3.63, 3.8) is 0 Å². The topological polar surface area (TPSA) is 12.0 Å². The molecule has 2 atom stereocenters. The zero-order valence-electron chi connectivity index (χ0n) is 8.06. The van der Waals surface area contributed by atoms with Gasteiger partial charge in [-0.15, -0.1) is 0 Å². The van der Waals surface area contributed by atoms with Crippen LogP contribution in [0.5, 0.6) is 0 Å². The monoisotopic (exact) mass is 257 g/mol. The fourth-order valence-electron chi connectivity index (χ4n) is 2.00. The van der Waals surface area contributed by atoms with E-state index in [4.69, 9.17) is 0 Å². The maximum Gasteiger partial charge on any atom is 0.123 e. The zero-order valence-corrected chi connectivity index (χ0v) is 9.64. The molecule has 1 aromatic rings. The number of hydrogen-bond donors (Lipinski definition) is 1. The van der Waals surface area contributed by atoms with Crippen LogP contribution in [-0.4, -0.2) is 12.6 Å². The standard InChI is InChI=1S/C11H13BrFN/c1-7-4-8(6-14-7)10-5-9(13)2-3-11(10)12/h2-3,5,7-8,14H,4,6H2,1H3. The largest absolute Gasteiger partial charge is 0.314 e. The molecule has 1 N–H and O–H groups in total. The Morgan fingerprint density at radius 1 is 1.50 bits per heavy atom. The molecule has 0 aliphatic carbocycles. The number of benzene rings is 1. The van der Waals surface area contributed by atoms with E-state index in [1.807, 2.05) is 0 Å². The van der Waals surface area contributed by atoms with Crippen molar-refractivity contribution in [2.45, 2.75) is 25.3 Å². The van der Waals surface area contributed by atoms with Crippen LogP contribution >= 0.6 is 15.9 Å². The van der Waals surface area contributed by atoms with Crippen LogP contribution in [0.4, 0.5) is 4.39 Å². The molecule has 0 radical (unpaired) electrons. The molecule has 3 heteroatoms. The van der Waals surface area contributed by atoms with E-state index in [0.717, 1.165) is 23.0 Å². The van der Waals surface area contributed by atoms with Gasteiger partial charge in [-0.1, -0.05) is 15.9 Å². The third-order valence-corrected chi connectivity index (χ3v) is 3.47. The van der Waals surface area contributed by atoms with E-state index >= 15 is 0 Å². The quantitative estimate of drug-likeness (QED) is 0.816. The van der Waals surface area contributed by atoms with Crippen LogP contribution < -0.4 is 5.32 Å². The third-order valence-electron chi connectivity index (χ3n) is 2.75. The van der Waals surface area contributed by atoms with Gasteiger partial charge in [0.25, 0.3) is 0 Å². The lowest BCUT2D eigenvalue weighted by Gasteiger charge is -2.11. The van der Waals surface area contributed by atoms with Crippen molar-refractivity contribution in [3.05, 3.63) is 34.1 Å². The molecule has 2 unspecified atom stereocenters. The lowest BCUT2D eigenvalue weighted by atomic mass is 9.97. The van der Waals surface area contributed by atoms with Crippen LogP contribution in [0.3, 0.4) is 0 Å². The van der Waals surface area contributed by atoms with Gasteiger partial charge in [0.05, 0.1) is 0 Å². The molecule has 2 rings (SSSR count). The molecule has 0 amide bonds. The molecule has 0 spiro atoms. The van der Waals surface area contributed by atoms with Crippen molar-refractivity contribution in [2.75, 3.05) is 6.54 Å². The first-order chi connectivity index (χ1) is 6.66. The van der Waals surface area contributed by atoms with Crippen molar-refractivity contribution in [2.24, 2.45) is 0 Å². The lowest BCUT2D eigenvalue weighted by molar-refractivity contribution is 0.618. The minimum Gasteiger partial charge on any atom is -0.314 e. The molecule has 0 bridgehead atoms. The number of hydrogen-bond acceptors (Lipinski definition) is 1. The summed E-state index contributed by atoms with van der Waals surface area (Å²) in [5.74, 6) is 0.290. The summed E-state index contributed by atoms with van der Waals surface area (Å²) in [5.41, 5.74) is 1.09. The highest BCUT2D eigenvalue weighted by atomic mass is 79.9. The molecule has 1 nitrogen and oxygen atoms in total. The van der Waals surface area contributed by atoms with E-state index in [-0.39, 0.29) is 5.82 Å². The van der Waals surface area contributed by atoms with Gasteiger partial charge in [-0.3, -0.25) is 0 Å². The number of halogens is 2. The van der Waals surface area contributed by atoms with E-state index < -0.39 is 0 Å². The van der Waals surface area contributed by atoms with Crippen LogP contribution in [-0.2, 0) is 0 Å². The molecule has 1 aliphatic rings. The van der Waals surface area contributed by atoms with Crippen molar-refractivity contribution in [3.8, 4) is 0 Å². The first-order valence-corrected chi connectivity index (χ1v) is 5.64. The molecule has 1 fully saturated rings. The summed E-state index contributed by atoms with van der Waals surface area (Å²) in [6.07, 6.45) is 1.09. The van der Waals surface area contributed by atoms with E-state index in [1.165, 1.54) is 6.07 Å². The summed E-state index contributed by atoms with van der Waals surface area (Å²) in [6.45, 7) is 3.11. The Hall–Kier alpha value is -0.410. The number of rotatable bonds is 1. The highest BCUT2D eigenvalue weighted by Crippen LogP contribution is 2.31. The maximum absolute atomic E-state index is 13.1. The molecule has 1 aliphatic heterocycles. The Balaban J connectivity index is 2.27. The van der Waals surface area contributed by atoms with Crippen molar-refractivity contribution in [1.82, 2.24) is 5.32 Å². The average molecular weight is 258 g/mol. The van der Waals surface area contributed by atoms with Gasteiger partial charge < -0.3 is 5.32 Å². The summed E-state index contributed by atoms with van der Waals surface area (Å²) >= 11 is 3.47. The van der Waals surface area contributed by atoms with Crippen molar-refractivity contribution < 1.29 is 4.39 Å². The van der Waals surface area contributed by atoms with Crippen LogP contribution in [0.1, 0.15) is 24.8 Å². The van der Waals surface area contributed by atoms with Crippen LogP contribution in [0.25, 0.3) is 0 Å². The third kappa shape index (κ3) is 1.98. The van der Waals surface area contributed by atoms with Gasteiger partial charge in [-0.2, -0.15) is 0 Å². The minimum atomic E-state index is -0.150. The maximum atomic E-state index is 13.1. The zero-order chi connectivity index (χ0) is 10.1. The average Bonchev–Trinajstić information content (AvgIpc) is 2.56. The Kier molecular flexibility index (Phi) is 2.88. The highest BCUT2D eigenvalue weighted by Gasteiger charge is 2.23. The van der Waals surface area contributed by atoms with Crippen LogP contribution in [0.2, 0.25) is 0 Å². The lowest BCUT2D eigenvalue weighted by Crippen LogP contribution is -2.16. The van der Waals surface area contributed by atoms with E-state index in [9.17, 15) is 4.39 Å². The second-order valence-corrected chi connectivity index (χ2v) is 4.76. The smallest absolute Gasteiger partial charge is 0.123 e. The first kappa shape index (κ1) is 10.1. The summed E-state index contributed by atoms with van der Waals surface area (Å²) < 4.78 is 14.1. The van der Waals surface area contributed by atoms with Gasteiger partial charge >= 0.3 is 0 Å². The van der Waals surface area contributed by atoms with Gasteiger partial charge in [0.1, 0.15) is 5.82 Å². The van der Waals surface area contributed by atoms with Gasteiger partial charge in [-0.25, -0.2) is 4.39 Å². The highest BCUT2D eigenvalue weighted by molar-refractivity contribution is 9.10.